The zero-order chi connectivity index (χ0) is 12.5. The summed E-state index contributed by atoms with van der Waals surface area (Å²) in [5.74, 6) is 1.10. The lowest BCUT2D eigenvalue weighted by Gasteiger charge is -2.12. The van der Waals surface area contributed by atoms with Gasteiger partial charge in [-0.15, -0.1) is 0 Å². The van der Waals surface area contributed by atoms with E-state index >= 15 is 0 Å². The van der Waals surface area contributed by atoms with E-state index in [-0.39, 0.29) is 0 Å². The Morgan fingerprint density at radius 3 is 3.00 bits per heavy atom. The number of aliphatic hydroxyl groups excluding tert-OH is 1. The van der Waals surface area contributed by atoms with Crippen molar-refractivity contribution in [3.05, 3.63) is 29.8 Å². The molecular weight excluding hydrogens is 232 g/mol. The zero-order valence-electron chi connectivity index (χ0n) is 10.4. The van der Waals surface area contributed by atoms with Gasteiger partial charge in [-0.1, -0.05) is 37.4 Å². The summed E-state index contributed by atoms with van der Waals surface area (Å²) in [7, 11) is 0. The third-order valence-corrected chi connectivity index (χ3v) is 3.37. The highest BCUT2D eigenvalue weighted by molar-refractivity contribution is 8.00. The van der Waals surface area contributed by atoms with Crippen LogP contribution in [0.15, 0.2) is 24.3 Å². The van der Waals surface area contributed by atoms with E-state index in [4.69, 9.17) is 5.73 Å². The van der Waals surface area contributed by atoms with Gasteiger partial charge < -0.3 is 15.6 Å². The molecule has 0 heterocycles. The SMILES string of the molecule is CCCCSNc1cccc(C(O)CCN)c1. The highest BCUT2D eigenvalue weighted by Gasteiger charge is 2.06. The molecule has 0 aliphatic rings. The standard InChI is InChI=1S/C13H22N2OS/c1-2-3-9-17-15-12-6-4-5-11(10-12)13(16)7-8-14/h4-6,10,13,15-16H,2-3,7-9,14H2,1H3. The summed E-state index contributed by atoms with van der Waals surface area (Å²) in [5.41, 5.74) is 7.41. The van der Waals surface area contributed by atoms with E-state index in [1.54, 1.807) is 11.9 Å². The summed E-state index contributed by atoms with van der Waals surface area (Å²) in [6, 6.07) is 7.89. The molecule has 0 saturated heterocycles. The van der Waals surface area contributed by atoms with E-state index in [0.717, 1.165) is 17.0 Å². The molecule has 0 radical (unpaired) electrons. The highest BCUT2D eigenvalue weighted by atomic mass is 32.2. The third kappa shape index (κ3) is 5.44. The number of hydrogen-bond acceptors (Lipinski definition) is 4. The molecule has 0 saturated carbocycles. The fourth-order valence-electron chi connectivity index (χ4n) is 1.48. The first-order valence-corrected chi connectivity index (χ1v) is 7.12. The molecule has 17 heavy (non-hydrogen) atoms. The number of nitrogens with two attached hydrogens (primary N) is 1. The molecule has 0 aliphatic heterocycles. The lowest BCUT2D eigenvalue weighted by Crippen LogP contribution is -2.06. The number of unbranched alkanes of at least 4 members (excludes halogenated alkanes) is 1. The molecule has 96 valence electrons. The number of aliphatic hydroxyl groups is 1. The maximum atomic E-state index is 9.84. The molecule has 1 rings (SSSR count). The Kier molecular flexibility index (Phi) is 7.08. The van der Waals surface area contributed by atoms with E-state index in [9.17, 15) is 5.11 Å². The molecule has 0 aromatic heterocycles. The van der Waals surface area contributed by atoms with Crippen LogP contribution in [0.1, 0.15) is 37.9 Å². The van der Waals surface area contributed by atoms with Gasteiger partial charge in [-0.05, 0) is 37.1 Å². The topological polar surface area (TPSA) is 58.3 Å². The van der Waals surface area contributed by atoms with Gasteiger partial charge in [0.15, 0.2) is 0 Å². The second kappa shape index (κ2) is 8.39. The van der Waals surface area contributed by atoms with Crippen molar-refractivity contribution in [2.75, 3.05) is 17.0 Å². The van der Waals surface area contributed by atoms with Gasteiger partial charge in [-0.3, -0.25) is 0 Å². The van der Waals surface area contributed by atoms with Gasteiger partial charge in [0.05, 0.1) is 6.10 Å². The Bertz CT molecular complexity index is 320. The summed E-state index contributed by atoms with van der Waals surface area (Å²) in [4.78, 5) is 0. The van der Waals surface area contributed by atoms with Crippen LogP contribution in [-0.4, -0.2) is 17.4 Å². The Hall–Kier alpha value is -0.710. The zero-order valence-corrected chi connectivity index (χ0v) is 11.2. The van der Waals surface area contributed by atoms with Crippen LogP contribution >= 0.6 is 11.9 Å². The van der Waals surface area contributed by atoms with Gasteiger partial charge >= 0.3 is 0 Å². The fourth-order valence-corrected chi connectivity index (χ4v) is 2.31. The average Bonchev–Trinajstić information content (AvgIpc) is 2.35. The first kappa shape index (κ1) is 14.4. The molecule has 4 heteroatoms. The molecule has 1 atom stereocenters. The number of rotatable bonds is 8. The van der Waals surface area contributed by atoms with E-state index in [1.165, 1.54) is 12.8 Å². The lowest BCUT2D eigenvalue weighted by molar-refractivity contribution is 0.170. The van der Waals surface area contributed by atoms with Crippen molar-refractivity contribution in [3.8, 4) is 0 Å². The molecule has 0 aliphatic carbocycles. The monoisotopic (exact) mass is 254 g/mol. The molecule has 3 nitrogen and oxygen atoms in total. The summed E-state index contributed by atoms with van der Waals surface area (Å²) in [6.07, 6.45) is 2.58. The number of benzene rings is 1. The van der Waals surface area contributed by atoms with E-state index in [1.807, 2.05) is 24.3 Å². The normalized spacial score (nSPS) is 12.4. The van der Waals surface area contributed by atoms with Crippen LogP contribution in [0.5, 0.6) is 0 Å². The van der Waals surface area contributed by atoms with Gasteiger partial charge in [-0.25, -0.2) is 0 Å². The minimum Gasteiger partial charge on any atom is -0.388 e. The number of nitrogens with one attached hydrogen (secondary N) is 1. The second-order valence-corrected chi connectivity index (χ2v) is 4.92. The molecule has 0 fully saturated rings. The number of anilines is 1. The molecule has 0 amide bonds. The maximum absolute atomic E-state index is 9.84. The van der Waals surface area contributed by atoms with Gasteiger partial charge in [0.2, 0.25) is 0 Å². The van der Waals surface area contributed by atoms with Gasteiger partial charge in [-0.2, -0.15) is 0 Å². The smallest absolute Gasteiger partial charge is 0.0802 e. The summed E-state index contributed by atoms with van der Waals surface area (Å²) >= 11 is 1.71. The van der Waals surface area contributed by atoms with E-state index in [0.29, 0.717) is 13.0 Å². The Balaban J connectivity index is 2.47. The van der Waals surface area contributed by atoms with Crippen LogP contribution in [0.4, 0.5) is 5.69 Å². The Morgan fingerprint density at radius 2 is 2.29 bits per heavy atom. The molecule has 0 spiro atoms. The van der Waals surface area contributed by atoms with Crippen LogP contribution in [0, 0.1) is 0 Å². The molecule has 1 aromatic carbocycles. The first-order valence-electron chi connectivity index (χ1n) is 6.13. The summed E-state index contributed by atoms with van der Waals surface area (Å²) < 4.78 is 3.29. The molecule has 1 aromatic rings. The van der Waals surface area contributed by atoms with Crippen LogP contribution in [0.25, 0.3) is 0 Å². The predicted octanol–water partition coefficient (Wildman–Crippen LogP) is 2.93. The van der Waals surface area contributed by atoms with Crippen molar-refractivity contribution >= 4 is 17.6 Å². The van der Waals surface area contributed by atoms with Gasteiger partial charge in [0.1, 0.15) is 0 Å². The largest absolute Gasteiger partial charge is 0.388 e. The van der Waals surface area contributed by atoms with Gasteiger partial charge in [0, 0.05) is 11.4 Å². The van der Waals surface area contributed by atoms with Crippen LogP contribution in [0.3, 0.4) is 0 Å². The Morgan fingerprint density at radius 1 is 1.47 bits per heavy atom. The fraction of sp³-hybridized carbons (Fsp3) is 0.538. The average molecular weight is 254 g/mol. The quantitative estimate of drug-likeness (QED) is 0.493. The van der Waals surface area contributed by atoms with Crippen molar-refractivity contribution < 1.29 is 5.11 Å². The third-order valence-electron chi connectivity index (χ3n) is 2.50. The summed E-state index contributed by atoms with van der Waals surface area (Å²) in [6.45, 7) is 2.69. The molecule has 4 N–H and O–H groups in total. The second-order valence-electron chi connectivity index (χ2n) is 4.02. The van der Waals surface area contributed by atoms with Crippen molar-refractivity contribution in [1.29, 1.82) is 0 Å². The minimum atomic E-state index is -0.456. The minimum absolute atomic E-state index is 0.456. The lowest BCUT2D eigenvalue weighted by atomic mass is 10.1. The molecular formula is C13H22N2OS. The number of hydrogen-bond donors (Lipinski definition) is 3. The van der Waals surface area contributed by atoms with Crippen molar-refractivity contribution in [2.45, 2.75) is 32.3 Å². The molecule has 0 bridgehead atoms. The van der Waals surface area contributed by atoms with Crippen molar-refractivity contribution in [3.63, 3.8) is 0 Å². The van der Waals surface area contributed by atoms with Crippen molar-refractivity contribution in [2.24, 2.45) is 5.73 Å². The highest BCUT2D eigenvalue weighted by Crippen LogP contribution is 2.21. The predicted molar refractivity (Wildman–Crippen MR) is 76.1 cm³/mol. The van der Waals surface area contributed by atoms with Crippen LogP contribution < -0.4 is 10.5 Å². The van der Waals surface area contributed by atoms with E-state index < -0.39 is 6.10 Å². The first-order chi connectivity index (χ1) is 8.27. The molecule has 1 unspecified atom stereocenters. The van der Waals surface area contributed by atoms with Crippen molar-refractivity contribution in [1.82, 2.24) is 0 Å². The summed E-state index contributed by atoms with van der Waals surface area (Å²) in [5, 5.41) is 9.84. The van der Waals surface area contributed by atoms with Crippen LogP contribution in [-0.2, 0) is 0 Å². The maximum Gasteiger partial charge on any atom is 0.0802 e. The van der Waals surface area contributed by atoms with Crippen LogP contribution in [0.2, 0.25) is 0 Å². The Labute approximate surface area is 108 Å². The van der Waals surface area contributed by atoms with Gasteiger partial charge in [0.25, 0.3) is 0 Å². The van der Waals surface area contributed by atoms with E-state index in [2.05, 4.69) is 11.6 Å².